The van der Waals surface area contributed by atoms with Crippen LogP contribution in [-0.4, -0.2) is 24.5 Å². The van der Waals surface area contributed by atoms with E-state index >= 15 is 0 Å². The van der Waals surface area contributed by atoms with Crippen molar-refractivity contribution in [3.63, 3.8) is 0 Å². The van der Waals surface area contributed by atoms with Crippen molar-refractivity contribution >= 4 is 23.6 Å². The van der Waals surface area contributed by atoms with Gasteiger partial charge in [-0.2, -0.15) is 27.4 Å². The number of nitrogens with one attached hydrogen (secondary N) is 2. The number of alkyl halides is 5. The Bertz CT molecular complexity index is 1620. The van der Waals surface area contributed by atoms with E-state index in [9.17, 15) is 26.7 Å². The lowest BCUT2D eigenvalue weighted by Crippen LogP contribution is -2.43. The monoisotopic (exact) mass is 580 g/mol. The highest BCUT2D eigenvalue weighted by atomic mass is 19.4. The fourth-order valence-electron chi connectivity index (χ4n) is 4.42. The Morgan fingerprint density at radius 3 is 2.26 bits per heavy atom. The summed E-state index contributed by atoms with van der Waals surface area (Å²) in [6.07, 6.45) is -9.67. The van der Waals surface area contributed by atoms with Crippen LogP contribution < -0.4 is 20.5 Å². The number of anilines is 2. The van der Waals surface area contributed by atoms with E-state index in [4.69, 9.17) is 0 Å². The summed E-state index contributed by atoms with van der Waals surface area (Å²) in [6, 6.07) is 27.1. The quantitative estimate of drug-likeness (QED) is 0.220. The van der Waals surface area contributed by atoms with E-state index in [-0.39, 0.29) is 5.91 Å². The van der Waals surface area contributed by atoms with Crippen molar-refractivity contribution in [2.45, 2.75) is 31.8 Å². The van der Waals surface area contributed by atoms with Gasteiger partial charge in [0, 0.05) is 11.3 Å². The standard InChI is InChI=1S/C31H25F5N4O2/c1-20-6-3-4-9-27(20)21-7-5-8-22(18-21)28(41)38-24-12-10-23(11-13-24)29(2)37-19-40(39-29)25-14-16-26(17-15-25)42-31(35,36)30(32,33)34/h3-19,39H,1-2H3,(H,38,41). The first-order chi connectivity index (χ1) is 19.8. The molecule has 42 heavy (non-hydrogen) atoms. The molecular formula is C31H25F5N4O2. The summed E-state index contributed by atoms with van der Waals surface area (Å²) in [5, 5.41) is 4.41. The molecule has 5 rings (SSSR count). The molecule has 11 heteroatoms. The number of ether oxygens (including phenoxy) is 1. The molecule has 0 spiro atoms. The molecular weight excluding hydrogens is 555 g/mol. The Morgan fingerprint density at radius 2 is 1.60 bits per heavy atom. The first kappa shape index (κ1) is 28.7. The molecule has 4 aromatic rings. The maximum atomic E-state index is 13.2. The lowest BCUT2D eigenvalue weighted by Gasteiger charge is -2.26. The van der Waals surface area contributed by atoms with Crippen molar-refractivity contribution in [1.82, 2.24) is 5.43 Å². The van der Waals surface area contributed by atoms with Crippen molar-refractivity contribution in [2.75, 3.05) is 10.3 Å². The number of hydrogen-bond acceptors (Lipinski definition) is 5. The molecule has 0 fully saturated rings. The summed E-state index contributed by atoms with van der Waals surface area (Å²) >= 11 is 0. The summed E-state index contributed by atoms with van der Waals surface area (Å²) in [4.78, 5) is 17.5. The maximum absolute atomic E-state index is 13.2. The van der Waals surface area contributed by atoms with Crippen molar-refractivity contribution < 1.29 is 31.5 Å². The van der Waals surface area contributed by atoms with E-state index in [2.05, 4.69) is 20.5 Å². The summed E-state index contributed by atoms with van der Waals surface area (Å²) in [5.41, 5.74) is 7.64. The van der Waals surface area contributed by atoms with E-state index in [1.165, 1.54) is 23.5 Å². The summed E-state index contributed by atoms with van der Waals surface area (Å²) in [7, 11) is 0. The molecule has 0 radical (unpaired) electrons. The number of hydrogen-bond donors (Lipinski definition) is 2. The third-order valence-corrected chi connectivity index (χ3v) is 6.75. The predicted molar refractivity (Wildman–Crippen MR) is 151 cm³/mol. The molecule has 1 aliphatic rings. The van der Waals surface area contributed by atoms with Gasteiger partial charge >= 0.3 is 12.3 Å². The number of carbonyl (C=O) groups is 1. The molecule has 1 unspecified atom stereocenters. The second-order valence-corrected chi connectivity index (χ2v) is 9.84. The number of amides is 1. The summed E-state index contributed by atoms with van der Waals surface area (Å²) in [6.45, 7) is 3.82. The lowest BCUT2D eigenvalue weighted by atomic mass is 9.99. The maximum Gasteiger partial charge on any atom is 0.499 e. The number of aryl methyl sites for hydroxylation is 1. The fraction of sp³-hybridized carbons (Fsp3) is 0.161. The van der Waals surface area contributed by atoms with Gasteiger partial charge in [0.05, 0.1) is 5.69 Å². The first-order valence-corrected chi connectivity index (χ1v) is 12.8. The lowest BCUT2D eigenvalue weighted by molar-refractivity contribution is -0.360. The van der Waals surface area contributed by atoms with Crippen LogP contribution >= 0.6 is 0 Å². The Kier molecular flexibility index (Phi) is 7.46. The summed E-state index contributed by atoms with van der Waals surface area (Å²) < 4.78 is 67.4. The van der Waals surface area contributed by atoms with Gasteiger partial charge in [0.2, 0.25) is 0 Å². The van der Waals surface area contributed by atoms with E-state index in [0.717, 1.165) is 34.4 Å². The van der Waals surface area contributed by atoms with E-state index < -0.39 is 23.7 Å². The molecule has 0 saturated heterocycles. The van der Waals surface area contributed by atoms with Gasteiger partial charge in [-0.1, -0.05) is 48.5 Å². The van der Waals surface area contributed by atoms with Crippen molar-refractivity contribution in [3.05, 3.63) is 114 Å². The molecule has 0 aliphatic carbocycles. The minimum absolute atomic E-state index is 0.256. The van der Waals surface area contributed by atoms with Crippen LogP contribution in [-0.2, 0) is 5.66 Å². The van der Waals surface area contributed by atoms with Gasteiger partial charge in [-0.15, -0.1) is 0 Å². The topological polar surface area (TPSA) is 66.0 Å². The van der Waals surface area contributed by atoms with Crippen LogP contribution in [0.25, 0.3) is 11.1 Å². The van der Waals surface area contributed by atoms with Crippen molar-refractivity contribution in [1.29, 1.82) is 0 Å². The average molecular weight is 581 g/mol. The summed E-state index contributed by atoms with van der Waals surface area (Å²) in [5.74, 6) is -0.896. The highest BCUT2D eigenvalue weighted by molar-refractivity contribution is 6.05. The number of hydrazine groups is 1. The van der Waals surface area contributed by atoms with E-state index in [1.807, 2.05) is 49.4 Å². The zero-order chi connectivity index (χ0) is 30.1. The van der Waals surface area contributed by atoms with Gasteiger partial charge in [-0.05, 0) is 84.6 Å². The molecule has 0 aromatic heterocycles. The Balaban J connectivity index is 1.23. The van der Waals surface area contributed by atoms with E-state index in [0.29, 0.717) is 16.9 Å². The number of rotatable bonds is 7. The second kappa shape index (κ2) is 10.9. The van der Waals surface area contributed by atoms with Gasteiger partial charge in [0.15, 0.2) is 5.66 Å². The third-order valence-electron chi connectivity index (χ3n) is 6.75. The highest BCUT2D eigenvalue weighted by Gasteiger charge is 2.61. The second-order valence-electron chi connectivity index (χ2n) is 9.84. The van der Waals surface area contributed by atoms with Gasteiger partial charge in [0.25, 0.3) is 5.91 Å². The van der Waals surface area contributed by atoms with Crippen LogP contribution in [0.3, 0.4) is 0 Å². The highest BCUT2D eigenvalue weighted by Crippen LogP contribution is 2.38. The molecule has 1 heterocycles. The third kappa shape index (κ3) is 5.96. The van der Waals surface area contributed by atoms with Crippen LogP contribution in [0, 0.1) is 6.92 Å². The largest absolute Gasteiger partial charge is 0.499 e. The molecule has 0 bridgehead atoms. The zero-order valence-corrected chi connectivity index (χ0v) is 22.4. The molecule has 0 saturated carbocycles. The number of nitrogens with zero attached hydrogens (tertiary/aromatic N) is 2. The van der Waals surface area contributed by atoms with Gasteiger partial charge in [-0.25, -0.2) is 4.99 Å². The van der Waals surface area contributed by atoms with Crippen LogP contribution in [0.2, 0.25) is 0 Å². The predicted octanol–water partition coefficient (Wildman–Crippen LogP) is 7.67. The molecule has 216 valence electrons. The van der Waals surface area contributed by atoms with Crippen LogP contribution in [0.5, 0.6) is 5.75 Å². The smallest absolute Gasteiger partial charge is 0.426 e. The molecule has 1 atom stereocenters. The number of aliphatic imine (C=N–C) groups is 1. The van der Waals surface area contributed by atoms with Gasteiger partial charge in [-0.3, -0.25) is 9.80 Å². The fourth-order valence-corrected chi connectivity index (χ4v) is 4.42. The minimum atomic E-state index is -5.83. The Morgan fingerprint density at radius 1 is 0.905 bits per heavy atom. The molecule has 1 aliphatic heterocycles. The number of benzene rings is 4. The van der Waals surface area contributed by atoms with Crippen LogP contribution in [0.4, 0.5) is 33.3 Å². The molecule has 1 amide bonds. The number of carbonyl (C=O) groups excluding carboxylic acids is 1. The van der Waals surface area contributed by atoms with Gasteiger partial charge < -0.3 is 10.1 Å². The SMILES string of the molecule is Cc1ccccc1-c1cccc(C(=O)Nc2ccc(C3(C)N=CN(c4ccc(OC(F)(F)C(F)(F)F)cc4)N3)cc2)c1. The molecule has 2 N–H and O–H groups in total. The number of halogens is 5. The minimum Gasteiger partial charge on any atom is -0.426 e. The van der Waals surface area contributed by atoms with Gasteiger partial charge in [0.1, 0.15) is 12.1 Å². The Labute approximate surface area is 238 Å². The molecule has 6 nitrogen and oxygen atoms in total. The molecule has 4 aromatic carbocycles. The normalized spacial score (nSPS) is 16.9. The van der Waals surface area contributed by atoms with Crippen LogP contribution in [0.1, 0.15) is 28.4 Å². The first-order valence-electron chi connectivity index (χ1n) is 12.8. The Hall–Kier alpha value is -4.77. The zero-order valence-electron chi connectivity index (χ0n) is 22.4. The van der Waals surface area contributed by atoms with Crippen molar-refractivity contribution in [3.8, 4) is 16.9 Å². The van der Waals surface area contributed by atoms with E-state index in [1.54, 1.807) is 37.3 Å². The average Bonchev–Trinajstić information content (AvgIpc) is 3.36. The van der Waals surface area contributed by atoms with Crippen LogP contribution in [0.15, 0.2) is 102 Å². The van der Waals surface area contributed by atoms with Crippen molar-refractivity contribution in [2.24, 2.45) is 4.99 Å².